The van der Waals surface area contributed by atoms with Gasteiger partial charge in [0.1, 0.15) is 5.56 Å². The highest BCUT2D eigenvalue weighted by Gasteiger charge is 2.25. The lowest BCUT2D eigenvalue weighted by molar-refractivity contribution is 0.0686. The molecule has 10 heteroatoms. The van der Waals surface area contributed by atoms with Crippen LogP contribution in [-0.2, 0) is 7.05 Å². The second-order valence-corrected chi connectivity index (χ2v) is 4.84. The molecule has 0 fully saturated rings. The molecule has 0 saturated carbocycles. The number of carboxylic acids is 1. The normalized spacial score (nSPS) is 10.0. The van der Waals surface area contributed by atoms with Crippen LogP contribution < -0.4 is 20.3 Å². The first-order chi connectivity index (χ1) is 11.9. The number of carboxylic acid groups (broad SMARTS) is 1. The molecule has 10 nitrogen and oxygen atoms in total. The quantitative estimate of drug-likeness (QED) is 0.658. The number of nitrogens with zero attached hydrogens (tertiary/aromatic N) is 2. The number of amides is 2. The van der Waals surface area contributed by atoms with Crippen molar-refractivity contribution in [2.24, 2.45) is 7.05 Å². The lowest BCUT2D eigenvalue weighted by Crippen LogP contribution is -2.42. The summed E-state index contributed by atoms with van der Waals surface area (Å²) >= 11 is 0. The molecule has 2 amide bonds. The van der Waals surface area contributed by atoms with Gasteiger partial charge in [0.25, 0.3) is 11.8 Å². The van der Waals surface area contributed by atoms with Gasteiger partial charge >= 0.3 is 5.97 Å². The van der Waals surface area contributed by atoms with Crippen LogP contribution in [0.15, 0.2) is 24.5 Å². The molecule has 0 atom stereocenters. The number of ether oxygens (including phenoxy) is 2. The fourth-order valence-corrected chi connectivity index (χ4v) is 2.12. The summed E-state index contributed by atoms with van der Waals surface area (Å²) in [5, 5.41) is 13.2. The number of benzene rings is 1. The van der Waals surface area contributed by atoms with E-state index >= 15 is 0 Å². The standard InChI is InChI=1S/C15H16N4O6/c1-19-7-8(6-16-19)13(20)17-18-14(21)9-4-5-10(24-2)12(25-3)11(9)15(22)23/h4-7H,1-3H3,(H,17,20)(H,18,21)(H,22,23). The summed E-state index contributed by atoms with van der Waals surface area (Å²) in [6, 6.07) is 2.65. The third kappa shape index (κ3) is 3.68. The third-order valence-corrected chi connectivity index (χ3v) is 3.26. The zero-order valence-electron chi connectivity index (χ0n) is 13.7. The number of aromatic nitrogens is 2. The Balaban J connectivity index is 2.24. The maximum atomic E-state index is 12.3. The van der Waals surface area contributed by atoms with Crippen LogP contribution in [0.1, 0.15) is 31.1 Å². The number of carbonyl (C=O) groups excluding carboxylic acids is 2. The molecule has 1 aromatic heterocycles. The summed E-state index contributed by atoms with van der Waals surface area (Å²) in [6.07, 6.45) is 2.78. The Kier molecular flexibility index (Phi) is 5.22. The molecular weight excluding hydrogens is 332 g/mol. The molecule has 0 unspecified atom stereocenters. The summed E-state index contributed by atoms with van der Waals surface area (Å²) < 4.78 is 11.5. The van der Waals surface area contributed by atoms with Gasteiger partial charge in [0, 0.05) is 13.2 Å². The van der Waals surface area contributed by atoms with E-state index in [0.29, 0.717) is 0 Å². The van der Waals surface area contributed by atoms with Gasteiger partial charge < -0.3 is 14.6 Å². The Labute approximate surface area is 142 Å². The third-order valence-electron chi connectivity index (χ3n) is 3.26. The minimum absolute atomic E-state index is 0.0961. The molecule has 3 N–H and O–H groups in total. The highest BCUT2D eigenvalue weighted by Crippen LogP contribution is 2.33. The van der Waals surface area contributed by atoms with Crippen LogP contribution in [0.25, 0.3) is 0 Å². The Hall–Kier alpha value is -3.56. The van der Waals surface area contributed by atoms with Crippen molar-refractivity contribution in [3.63, 3.8) is 0 Å². The van der Waals surface area contributed by atoms with Crippen molar-refractivity contribution in [1.29, 1.82) is 0 Å². The zero-order chi connectivity index (χ0) is 18.6. The Bertz CT molecular complexity index is 829. The van der Waals surface area contributed by atoms with Gasteiger partial charge in [-0.1, -0.05) is 0 Å². The fraction of sp³-hybridized carbons (Fsp3) is 0.200. The monoisotopic (exact) mass is 348 g/mol. The van der Waals surface area contributed by atoms with Crippen molar-refractivity contribution >= 4 is 17.8 Å². The van der Waals surface area contributed by atoms with E-state index in [2.05, 4.69) is 16.0 Å². The Morgan fingerprint density at radius 3 is 2.32 bits per heavy atom. The second-order valence-electron chi connectivity index (χ2n) is 4.84. The van der Waals surface area contributed by atoms with Crippen LogP contribution in [0.2, 0.25) is 0 Å². The van der Waals surface area contributed by atoms with E-state index in [1.807, 2.05) is 0 Å². The number of rotatable bonds is 5. The van der Waals surface area contributed by atoms with E-state index in [1.54, 1.807) is 7.05 Å². The van der Waals surface area contributed by atoms with Gasteiger partial charge in [-0.15, -0.1) is 0 Å². The van der Waals surface area contributed by atoms with E-state index in [-0.39, 0.29) is 28.2 Å². The van der Waals surface area contributed by atoms with Crippen molar-refractivity contribution in [2.45, 2.75) is 0 Å². The average molecular weight is 348 g/mol. The molecule has 25 heavy (non-hydrogen) atoms. The summed E-state index contributed by atoms with van der Waals surface area (Å²) in [4.78, 5) is 35.7. The van der Waals surface area contributed by atoms with Crippen LogP contribution >= 0.6 is 0 Å². The first kappa shape index (κ1) is 17.8. The van der Waals surface area contributed by atoms with Gasteiger partial charge in [0.05, 0.1) is 31.5 Å². The topological polar surface area (TPSA) is 132 Å². The van der Waals surface area contributed by atoms with E-state index in [4.69, 9.17) is 9.47 Å². The Morgan fingerprint density at radius 2 is 1.80 bits per heavy atom. The number of hydrogen-bond donors (Lipinski definition) is 3. The fourth-order valence-electron chi connectivity index (χ4n) is 2.12. The lowest BCUT2D eigenvalue weighted by atomic mass is 10.0. The number of carbonyl (C=O) groups is 3. The lowest BCUT2D eigenvalue weighted by Gasteiger charge is -2.14. The predicted octanol–water partition coefficient (Wildman–Crippen LogP) is 0.210. The van der Waals surface area contributed by atoms with Crippen LogP contribution in [-0.4, -0.2) is 46.9 Å². The molecule has 0 radical (unpaired) electrons. The van der Waals surface area contributed by atoms with E-state index in [1.165, 1.54) is 43.4 Å². The van der Waals surface area contributed by atoms with Crippen molar-refractivity contribution < 1.29 is 29.0 Å². The molecule has 2 rings (SSSR count). The first-order valence-corrected chi connectivity index (χ1v) is 6.96. The summed E-state index contributed by atoms with van der Waals surface area (Å²) in [5.41, 5.74) is 3.99. The highest BCUT2D eigenvalue weighted by molar-refractivity contribution is 6.08. The zero-order valence-corrected chi connectivity index (χ0v) is 13.7. The van der Waals surface area contributed by atoms with Crippen molar-refractivity contribution in [2.75, 3.05) is 14.2 Å². The summed E-state index contributed by atoms with van der Waals surface area (Å²) in [6.45, 7) is 0. The van der Waals surface area contributed by atoms with Gasteiger partial charge in [0.15, 0.2) is 11.5 Å². The van der Waals surface area contributed by atoms with Gasteiger partial charge in [0.2, 0.25) is 0 Å². The van der Waals surface area contributed by atoms with Crippen LogP contribution in [0.4, 0.5) is 0 Å². The average Bonchev–Trinajstić information content (AvgIpc) is 3.04. The van der Waals surface area contributed by atoms with Crippen LogP contribution in [0, 0.1) is 0 Å². The second kappa shape index (κ2) is 7.34. The number of hydrazine groups is 1. The molecule has 0 aliphatic rings. The smallest absolute Gasteiger partial charge is 0.340 e. The van der Waals surface area contributed by atoms with Gasteiger partial charge in [-0.25, -0.2) is 4.79 Å². The molecule has 1 heterocycles. The van der Waals surface area contributed by atoms with E-state index < -0.39 is 17.8 Å². The minimum atomic E-state index is -1.38. The van der Waals surface area contributed by atoms with Gasteiger partial charge in [-0.05, 0) is 12.1 Å². The maximum Gasteiger partial charge on any atom is 0.340 e. The number of methoxy groups -OCH3 is 2. The molecule has 132 valence electrons. The van der Waals surface area contributed by atoms with Crippen LogP contribution in [0.3, 0.4) is 0 Å². The van der Waals surface area contributed by atoms with E-state index in [9.17, 15) is 19.5 Å². The van der Waals surface area contributed by atoms with Crippen molar-refractivity contribution in [3.8, 4) is 11.5 Å². The number of nitrogens with one attached hydrogen (secondary N) is 2. The largest absolute Gasteiger partial charge is 0.493 e. The molecule has 1 aromatic carbocycles. The van der Waals surface area contributed by atoms with Crippen molar-refractivity contribution in [3.05, 3.63) is 41.2 Å². The summed E-state index contributed by atoms with van der Waals surface area (Å²) in [7, 11) is 4.24. The molecular formula is C15H16N4O6. The number of aryl methyl sites for hydroxylation is 1. The Morgan fingerprint density at radius 1 is 1.12 bits per heavy atom. The van der Waals surface area contributed by atoms with Gasteiger partial charge in [-0.3, -0.25) is 25.1 Å². The summed E-state index contributed by atoms with van der Waals surface area (Å²) in [5.74, 6) is -2.73. The molecule has 0 bridgehead atoms. The predicted molar refractivity (Wildman–Crippen MR) is 84.6 cm³/mol. The molecule has 0 aliphatic carbocycles. The minimum Gasteiger partial charge on any atom is -0.493 e. The number of aromatic carboxylic acids is 1. The van der Waals surface area contributed by atoms with Crippen LogP contribution in [0.5, 0.6) is 11.5 Å². The SMILES string of the molecule is COc1ccc(C(=O)NNC(=O)c2cnn(C)c2)c(C(=O)O)c1OC. The molecule has 2 aromatic rings. The van der Waals surface area contributed by atoms with Gasteiger partial charge in [-0.2, -0.15) is 5.10 Å². The molecule has 0 saturated heterocycles. The first-order valence-electron chi connectivity index (χ1n) is 6.96. The van der Waals surface area contributed by atoms with Crippen molar-refractivity contribution in [1.82, 2.24) is 20.6 Å². The molecule has 0 spiro atoms. The number of hydrogen-bond acceptors (Lipinski definition) is 6. The highest BCUT2D eigenvalue weighted by atomic mass is 16.5. The molecule has 0 aliphatic heterocycles. The van der Waals surface area contributed by atoms with E-state index in [0.717, 1.165) is 0 Å². The maximum absolute atomic E-state index is 12.3.